The highest BCUT2D eigenvalue weighted by atomic mass is 16.6. The summed E-state index contributed by atoms with van der Waals surface area (Å²) in [6.45, 7) is 0. The van der Waals surface area contributed by atoms with Crippen LogP contribution in [-0.2, 0) is 5.54 Å². The van der Waals surface area contributed by atoms with E-state index in [0.29, 0.717) is 12.0 Å². The Hall–Kier alpha value is -2.90. The summed E-state index contributed by atoms with van der Waals surface area (Å²) in [6, 6.07) is 13.7. The average molecular weight is 336 g/mol. The number of rotatable bonds is 2. The van der Waals surface area contributed by atoms with E-state index in [2.05, 4.69) is 4.98 Å². The summed E-state index contributed by atoms with van der Waals surface area (Å²) in [6.07, 6.45) is 7.52. The van der Waals surface area contributed by atoms with Crippen LogP contribution in [0.1, 0.15) is 12.0 Å². The molecule has 0 amide bonds. The van der Waals surface area contributed by atoms with Crippen molar-refractivity contribution < 1.29 is 15.0 Å². The van der Waals surface area contributed by atoms with Crippen molar-refractivity contribution in [3.8, 4) is 0 Å². The quantitative estimate of drug-likeness (QED) is 0.380. The summed E-state index contributed by atoms with van der Waals surface area (Å²) in [5, 5.41) is 28.2. The molecule has 7 heteroatoms. The van der Waals surface area contributed by atoms with Crippen molar-refractivity contribution in [2.24, 2.45) is 0 Å². The van der Waals surface area contributed by atoms with Crippen molar-refractivity contribution in [3.63, 3.8) is 0 Å². The molecular weight excluding hydrogens is 319 g/mol. The summed E-state index contributed by atoms with van der Waals surface area (Å²) in [5.41, 5.74) is 1.36. The first-order valence-corrected chi connectivity index (χ1v) is 7.84. The second-order valence-electron chi connectivity index (χ2n) is 5.71. The molecule has 4 rings (SSSR count). The van der Waals surface area contributed by atoms with Gasteiger partial charge in [-0.15, -0.1) is 0 Å². The third-order valence-electron chi connectivity index (χ3n) is 4.38. The van der Waals surface area contributed by atoms with Gasteiger partial charge in [0.2, 0.25) is 0 Å². The molecule has 0 bridgehead atoms. The molecule has 1 heterocycles. The van der Waals surface area contributed by atoms with Gasteiger partial charge in [-0.1, -0.05) is 48.6 Å². The van der Waals surface area contributed by atoms with E-state index in [1.54, 1.807) is 12.2 Å². The molecule has 1 aliphatic rings. The molecule has 3 aromatic rings. The van der Waals surface area contributed by atoms with Gasteiger partial charge in [0, 0.05) is 27.6 Å². The minimum Gasteiger partial charge on any atom is -0.430 e. The van der Waals surface area contributed by atoms with Crippen LogP contribution >= 0.6 is 0 Å². The number of benzene rings is 2. The zero-order chi connectivity index (χ0) is 17.9. The monoisotopic (exact) mass is 336 g/mol. The maximum atomic E-state index is 11.8. The van der Waals surface area contributed by atoms with Crippen LogP contribution < -0.4 is 0 Å². The molecule has 0 saturated heterocycles. The Balaban J connectivity index is 0.000000569. The number of nitrogens with one attached hydrogen (secondary N) is 1. The number of nitrogens with zero attached hydrogens (tertiary/aromatic N) is 1. The second-order valence-corrected chi connectivity index (χ2v) is 5.71. The third kappa shape index (κ3) is 2.84. The molecule has 3 N–H and O–H groups in total. The molecule has 0 radical (unpaired) electrons. The largest absolute Gasteiger partial charge is 0.432 e. The lowest BCUT2D eigenvalue weighted by Gasteiger charge is -2.23. The zero-order valence-electron chi connectivity index (χ0n) is 13.4. The van der Waals surface area contributed by atoms with Gasteiger partial charge < -0.3 is 15.0 Å². The highest BCUT2D eigenvalue weighted by Gasteiger charge is 2.43. The average Bonchev–Trinajstić information content (AvgIpc) is 3.01. The van der Waals surface area contributed by atoms with Crippen LogP contribution in [0.3, 0.4) is 0 Å². The number of hydrogen-bond acceptors (Lipinski definition) is 4. The number of hydrogen-bond donors (Lipinski definition) is 3. The lowest BCUT2D eigenvalue weighted by Crippen LogP contribution is -2.33. The standard InChI is InChI=1S/C18H14N2O2.BH3O2/c21-20(22)18(11-4-1-5-12-18)15-9-6-8-14-13-7-2-3-10-16(13)19-17(14)15;2-1-3/h1-11,19H,12H2;1-3H. The molecule has 0 fully saturated rings. The summed E-state index contributed by atoms with van der Waals surface area (Å²) >= 11 is 0. The van der Waals surface area contributed by atoms with E-state index in [4.69, 9.17) is 10.0 Å². The van der Waals surface area contributed by atoms with Gasteiger partial charge in [0.25, 0.3) is 5.54 Å². The topological polar surface area (TPSA) is 99.4 Å². The van der Waals surface area contributed by atoms with E-state index >= 15 is 0 Å². The number of allylic oxidation sites excluding steroid dienone is 2. The predicted molar refractivity (Wildman–Crippen MR) is 99.0 cm³/mol. The Morgan fingerprint density at radius 1 is 1.08 bits per heavy atom. The molecule has 1 aromatic heterocycles. The van der Waals surface area contributed by atoms with Crippen molar-refractivity contribution in [1.29, 1.82) is 0 Å². The molecule has 1 aliphatic carbocycles. The lowest BCUT2D eigenvalue weighted by atomic mass is 9.83. The first kappa shape index (κ1) is 16.9. The van der Waals surface area contributed by atoms with Gasteiger partial charge in [0.1, 0.15) is 0 Å². The molecule has 126 valence electrons. The normalized spacial score (nSPS) is 18.8. The first-order chi connectivity index (χ1) is 12.1. The fourth-order valence-electron chi connectivity index (χ4n) is 3.28. The van der Waals surface area contributed by atoms with Gasteiger partial charge in [0.15, 0.2) is 0 Å². The van der Waals surface area contributed by atoms with E-state index in [9.17, 15) is 10.1 Å². The summed E-state index contributed by atoms with van der Waals surface area (Å²) in [4.78, 5) is 15.0. The molecule has 1 unspecified atom stereocenters. The van der Waals surface area contributed by atoms with E-state index < -0.39 is 13.2 Å². The molecule has 25 heavy (non-hydrogen) atoms. The maximum Gasteiger partial charge on any atom is 0.432 e. The number of fused-ring (bicyclic) bond motifs is 3. The minimum absolute atomic E-state index is 0.187. The Bertz CT molecular complexity index is 980. The number of aromatic amines is 1. The van der Waals surface area contributed by atoms with Crippen molar-refractivity contribution in [1.82, 2.24) is 4.98 Å². The second kappa shape index (κ2) is 6.92. The van der Waals surface area contributed by atoms with E-state index in [0.717, 1.165) is 21.8 Å². The first-order valence-electron chi connectivity index (χ1n) is 7.84. The number of nitro groups is 1. The van der Waals surface area contributed by atoms with E-state index in [-0.39, 0.29) is 4.92 Å². The Morgan fingerprint density at radius 3 is 2.48 bits per heavy atom. The molecule has 0 aliphatic heterocycles. The summed E-state index contributed by atoms with van der Waals surface area (Å²) < 4.78 is 0. The molecule has 0 saturated carbocycles. The predicted octanol–water partition coefficient (Wildman–Crippen LogP) is 2.55. The number of H-pyrrole nitrogens is 1. The fourth-order valence-corrected chi connectivity index (χ4v) is 3.28. The van der Waals surface area contributed by atoms with Crippen LogP contribution in [0.15, 0.2) is 66.8 Å². The molecule has 0 spiro atoms. The highest BCUT2D eigenvalue weighted by Crippen LogP contribution is 2.39. The molecule has 6 nitrogen and oxygen atoms in total. The van der Waals surface area contributed by atoms with Gasteiger partial charge >= 0.3 is 7.69 Å². The van der Waals surface area contributed by atoms with E-state index in [1.165, 1.54) is 0 Å². The summed E-state index contributed by atoms with van der Waals surface area (Å²) in [7, 11) is -0.750. The lowest BCUT2D eigenvalue weighted by molar-refractivity contribution is -0.563. The van der Waals surface area contributed by atoms with Crippen molar-refractivity contribution in [2.45, 2.75) is 12.0 Å². The van der Waals surface area contributed by atoms with Gasteiger partial charge in [-0.05, 0) is 18.2 Å². The number of para-hydroxylation sites is 2. The molecule has 2 aromatic carbocycles. The van der Waals surface area contributed by atoms with Crippen molar-refractivity contribution in [2.75, 3.05) is 0 Å². The van der Waals surface area contributed by atoms with Crippen LogP contribution in [0, 0.1) is 10.1 Å². The fraction of sp³-hybridized carbons (Fsp3) is 0.111. The Kier molecular flexibility index (Phi) is 4.69. The Labute approximate surface area is 144 Å². The van der Waals surface area contributed by atoms with Gasteiger partial charge in [-0.2, -0.15) is 0 Å². The molecule has 1 atom stereocenters. The van der Waals surface area contributed by atoms with E-state index in [1.807, 2.05) is 54.6 Å². The third-order valence-corrected chi connectivity index (χ3v) is 4.38. The van der Waals surface area contributed by atoms with Gasteiger partial charge in [0.05, 0.1) is 11.1 Å². The maximum absolute atomic E-state index is 11.8. The number of aromatic nitrogens is 1. The van der Waals surface area contributed by atoms with Gasteiger partial charge in [-0.25, -0.2) is 0 Å². The Morgan fingerprint density at radius 2 is 1.80 bits per heavy atom. The molecular formula is C18H17BN2O4. The van der Waals surface area contributed by atoms with Crippen LogP contribution in [-0.4, -0.2) is 27.6 Å². The van der Waals surface area contributed by atoms with Gasteiger partial charge in [-0.3, -0.25) is 10.1 Å². The SMILES string of the molecule is O=[N+]([O-])C1(c2cccc3c2[nH]c2ccccc23)C=CC=CC1.OBO. The van der Waals surface area contributed by atoms with Crippen LogP contribution in [0.5, 0.6) is 0 Å². The van der Waals surface area contributed by atoms with Crippen LogP contribution in [0.25, 0.3) is 21.8 Å². The van der Waals surface area contributed by atoms with Crippen LogP contribution in [0.4, 0.5) is 0 Å². The summed E-state index contributed by atoms with van der Waals surface area (Å²) in [5.74, 6) is 0. The van der Waals surface area contributed by atoms with Crippen LogP contribution in [0.2, 0.25) is 0 Å². The van der Waals surface area contributed by atoms with Crippen molar-refractivity contribution >= 4 is 29.5 Å². The highest BCUT2D eigenvalue weighted by molar-refractivity contribution is 6.13. The smallest absolute Gasteiger partial charge is 0.430 e. The zero-order valence-corrected chi connectivity index (χ0v) is 13.4. The minimum atomic E-state index is -1.20. The van der Waals surface area contributed by atoms with Crippen molar-refractivity contribution in [3.05, 3.63) is 82.4 Å².